The van der Waals surface area contributed by atoms with Crippen molar-refractivity contribution in [3.8, 4) is 5.69 Å². The maximum Gasteiger partial charge on any atom is 0.191 e. The third-order valence-corrected chi connectivity index (χ3v) is 4.82. The lowest BCUT2D eigenvalue weighted by molar-refractivity contribution is 0.664. The van der Waals surface area contributed by atoms with Gasteiger partial charge in [-0.15, -0.1) is 0 Å². The Labute approximate surface area is 142 Å². The lowest BCUT2D eigenvalue weighted by Crippen LogP contribution is -2.42. The molecule has 124 valence electrons. The van der Waals surface area contributed by atoms with Crippen molar-refractivity contribution in [3.05, 3.63) is 48.3 Å². The molecule has 2 rings (SSSR count). The molecule has 1 aromatic carbocycles. The highest BCUT2D eigenvalue weighted by Crippen LogP contribution is 2.19. The Hall–Kier alpha value is -1.95. The molecule has 23 heavy (non-hydrogen) atoms. The van der Waals surface area contributed by atoms with Crippen molar-refractivity contribution in [1.82, 2.24) is 20.4 Å². The summed E-state index contributed by atoms with van der Waals surface area (Å²) in [6.07, 6.45) is 6.02. The summed E-state index contributed by atoms with van der Waals surface area (Å²) in [5, 5.41) is 11.1. The van der Waals surface area contributed by atoms with Crippen LogP contribution in [-0.4, -0.2) is 40.3 Å². The molecule has 2 aromatic rings. The normalized spacial score (nSPS) is 12.3. The topological polar surface area (TPSA) is 54.2 Å². The molecule has 1 aromatic heterocycles. The number of rotatable bonds is 6. The van der Waals surface area contributed by atoms with Crippen LogP contribution in [0.15, 0.2) is 47.7 Å². The van der Waals surface area contributed by atoms with Crippen LogP contribution in [0.2, 0.25) is 0 Å². The fourth-order valence-electron chi connectivity index (χ4n) is 1.95. The monoisotopic (exact) mass is 331 g/mol. The minimum Gasteiger partial charge on any atom is -0.355 e. The summed E-state index contributed by atoms with van der Waals surface area (Å²) >= 11 is 1.84. The van der Waals surface area contributed by atoms with Crippen LogP contribution in [0.25, 0.3) is 5.69 Å². The molecule has 0 atom stereocenters. The van der Waals surface area contributed by atoms with Crippen LogP contribution in [0, 0.1) is 0 Å². The predicted molar refractivity (Wildman–Crippen MR) is 99.4 cm³/mol. The van der Waals surface area contributed by atoms with E-state index in [1.807, 2.05) is 59.2 Å². The molecule has 0 spiro atoms. The van der Waals surface area contributed by atoms with Gasteiger partial charge in [-0.2, -0.15) is 16.9 Å². The lowest BCUT2D eigenvalue weighted by atomic mass is 10.2. The van der Waals surface area contributed by atoms with E-state index in [2.05, 4.69) is 40.8 Å². The molecule has 6 heteroatoms. The van der Waals surface area contributed by atoms with E-state index in [9.17, 15) is 0 Å². The molecule has 0 aliphatic heterocycles. The number of benzene rings is 1. The number of aliphatic imine (C=N–C) groups is 1. The zero-order valence-corrected chi connectivity index (χ0v) is 15.0. The third-order valence-electron chi connectivity index (χ3n) is 3.57. The molecule has 1 heterocycles. The van der Waals surface area contributed by atoms with E-state index < -0.39 is 0 Å². The van der Waals surface area contributed by atoms with Crippen molar-refractivity contribution in [1.29, 1.82) is 0 Å². The van der Waals surface area contributed by atoms with Gasteiger partial charge in [0, 0.05) is 36.6 Å². The number of hydrogen-bond acceptors (Lipinski definition) is 3. The van der Waals surface area contributed by atoms with Gasteiger partial charge in [-0.25, -0.2) is 4.68 Å². The predicted octanol–water partition coefficient (Wildman–Crippen LogP) is 2.68. The van der Waals surface area contributed by atoms with E-state index in [-0.39, 0.29) is 4.75 Å². The van der Waals surface area contributed by atoms with E-state index in [0.29, 0.717) is 6.54 Å². The van der Waals surface area contributed by atoms with Crippen molar-refractivity contribution in [2.45, 2.75) is 25.1 Å². The summed E-state index contributed by atoms with van der Waals surface area (Å²) in [6, 6.07) is 10.1. The van der Waals surface area contributed by atoms with Crippen LogP contribution >= 0.6 is 11.8 Å². The first-order valence-corrected chi connectivity index (χ1v) is 8.85. The number of hydrogen-bond donors (Lipinski definition) is 2. The fraction of sp³-hybridized carbons (Fsp3) is 0.412. The van der Waals surface area contributed by atoms with E-state index >= 15 is 0 Å². The molecular weight excluding hydrogens is 306 g/mol. The zero-order valence-electron chi connectivity index (χ0n) is 14.2. The second-order valence-electron chi connectivity index (χ2n) is 5.87. The highest BCUT2D eigenvalue weighted by atomic mass is 32.2. The molecule has 0 fully saturated rings. The molecule has 0 saturated heterocycles. The Morgan fingerprint density at radius 3 is 2.65 bits per heavy atom. The number of nitrogens with zero attached hydrogens (tertiary/aromatic N) is 3. The molecule has 0 aliphatic carbocycles. The number of para-hydroxylation sites is 1. The van der Waals surface area contributed by atoms with Crippen LogP contribution in [0.4, 0.5) is 0 Å². The molecule has 0 radical (unpaired) electrons. The first-order valence-electron chi connectivity index (χ1n) is 7.63. The number of nitrogens with one attached hydrogen (secondary N) is 2. The molecule has 0 aliphatic rings. The molecule has 0 unspecified atom stereocenters. The second kappa shape index (κ2) is 8.06. The molecule has 0 saturated carbocycles. The minimum absolute atomic E-state index is 0.176. The van der Waals surface area contributed by atoms with E-state index in [0.717, 1.165) is 23.8 Å². The molecular formula is C17H25N5S. The van der Waals surface area contributed by atoms with Crippen molar-refractivity contribution < 1.29 is 0 Å². The smallest absolute Gasteiger partial charge is 0.191 e. The van der Waals surface area contributed by atoms with Crippen molar-refractivity contribution in [2.24, 2.45) is 4.99 Å². The van der Waals surface area contributed by atoms with Gasteiger partial charge in [0.25, 0.3) is 0 Å². The van der Waals surface area contributed by atoms with Gasteiger partial charge in [-0.05, 0) is 32.2 Å². The molecule has 2 N–H and O–H groups in total. The Bertz CT molecular complexity index is 633. The zero-order chi connectivity index (χ0) is 16.7. The maximum absolute atomic E-state index is 4.40. The number of guanidine groups is 1. The Kier molecular flexibility index (Phi) is 6.10. The summed E-state index contributed by atoms with van der Waals surface area (Å²) in [5.41, 5.74) is 2.17. The van der Waals surface area contributed by atoms with Crippen LogP contribution < -0.4 is 10.6 Å². The Morgan fingerprint density at radius 2 is 2.00 bits per heavy atom. The summed E-state index contributed by atoms with van der Waals surface area (Å²) in [6.45, 7) is 5.97. The quantitative estimate of drug-likeness (QED) is 0.631. The molecule has 0 amide bonds. The van der Waals surface area contributed by atoms with Gasteiger partial charge in [0.15, 0.2) is 5.96 Å². The van der Waals surface area contributed by atoms with Crippen LogP contribution in [0.5, 0.6) is 0 Å². The van der Waals surface area contributed by atoms with Gasteiger partial charge in [0.05, 0.1) is 11.9 Å². The third kappa shape index (κ3) is 5.32. The van der Waals surface area contributed by atoms with Crippen LogP contribution in [0.1, 0.15) is 19.4 Å². The molecule has 5 nitrogen and oxygen atoms in total. The van der Waals surface area contributed by atoms with Crippen molar-refractivity contribution in [3.63, 3.8) is 0 Å². The first kappa shape index (κ1) is 17.4. The standard InChI is InChI=1S/C17H25N5S/c1-17(2,23-4)13-20-16(18-3)19-10-14-11-21-22(12-14)15-8-6-5-7-9-15/h5-9,11-12H,10,13H2,1-4H3,(H2,18,19,20). The van der Waals surface area contributed by atoms with Gasteiger partial charge in [0.2, 0.25) is 0 Å². The number of thioether (sulfide) groups is 1. The van der Waals surface area contributed by atoms with Gasteiger partial charge in [-0.1, -0.05) is 18.2 Å². The lowest BCUT2D eigenvalue weighted by Gasteiger charge is -2.23. The van der Waals surface area contributed by atoms with Gasteiger partial charge in [0.1, 0.15) is 0 Å². The maximum atomic E-state index is 4.40. The highest BCUT2D eigenvalue weighted by molar-refractivity contribution is 7.99. The highest BCUT2D eigenvalue weighted by Gasteiger charge is 2.16. The minimum atomic E-state index is 0.176. The van der Waals surface area contributed by atoms with E-state index in [4.69, 9.17) is 0 Å². The van der Waals surface area contributed by atoms with Crippen molar-refractivity contribution in [2.75, 3.05) is 19.8 Å². The average molecular weight is 331 g/mol. The van der Waals surface area contributed by atoms with E-state index in [1.165, 1.54) is 0 Å². The summed E-state index contributed by atoms with van der Waals surface area (Å²) in [5.74, 6) is 0.805. The van der Waals surface area contributed by atoms with Crippen molar-refractivity contribution >= 4 is 17.7 Å². The Balaban J connectivity index is 1.89. The fourth-order valence-corrected chi connectivity index (χ4v) is 2.16. The summed E-state index contributed by atoms with van der Waals surface area (Å²) in [4.78, 5) is 4.26. The van der Waals surface area contributed by atoms with Gasteiger partial charge >= 0.3 is 0 Å². The average Bonchev–Trinajstić information content (AvgIpc) is 3.05. The molecule has 0 bridgehead atoms. The summed E-state index contributed by atoms with van der Waals surface area (Å²) < 4.78 is 2.06. The largest absolute Gasteiger partial charge is 0.355 e. The van der Waals surface area contributed by atoms with Crippen LogP contribution in [0.3, 0.4) is 0 Å². The SMILES string of the molecule is CN=C(NCc1cnn(-c2ccccc2)c1)NCC(C)(C)SC. The van der Waals surface area contributed by atoms with Gasteiger partial charge in [-0.3, -0.25) is 4.99 Å². The first-order chi connectivity index (χ1) is 11.0. The second-order valence-corrected chi connectivity index (χ2v) is 7.39. The van der Waals surface area contributed by atoms with E-state index in [1.54, 1.807) is 7.05 Å². The summed E-state index contributed by atoms with van der Waals surface area (Å²) in [7, 11) is 1.79. The Morgan fingerprint density at radius 1 is 1.26 bits per heavy atom. The number of aromatic nitrogens is 2. The van der Waals surface area contributed by atoms with Gasteiger partial charge < -0.3 is 10.6 Å². The van der Waals surface area contributed by atoms with Crippen LogP contribution in [-0.2, 0) is 6.54 Å².